The minimum Gasteiger partial charge on any atom is -0.481 e. The van der Waals surface area contributed by atoms with Gasteiger partial charge in [-0.05, 0) is 55.2 Å². The highest BCUT2D eigenvalue weighted by atomic mass is 16.4. The van der Waals surface area contributed by atoms with Crippen molar-refractivity contribution in [3.8, 4) is 0 Å². The molecule has 0 saturated carbocycles. The summed E-state index contributed by atoms with van der Waals surface area (Å²) in [6.07, 6.45) is -1.59. The van der Waals surface area contributed by atoms with Crippen molar-refractivity contribution in [3.05, 3.63) is 36.0 Å². The highest BCUT2D eigenvalue weighted by Crippen LogP contribution is 2.20. The second kappa shape index (κ2) is 33.8. The summed E-state index contributed by atoms with van der Waals surface area (Å²) in [5.74, 6) is -18.9. The predicted octanol–water partition coefficient (Wildman–Crippen LogP) is -4.10. The van der Waals surface area contributed by atoms with E-state index in [2.05, 4.69) is 52.8 Å². The number of benzene rings is 1. The number of aromatic amines is 1. The smallest absolute Gasteiger partial charge is 0.326 e. The van der Waals surface area contributed by atoms with Gasteiger partial charge in [-0.3, -0.25) is 62.3 Å². The van der Waals surface area contributed by atoms with Crippen LogP contribution in [0.25, 0.3) is 10.9 Å². The highest BCUT2D eigenvalue weighted by molar-refractivity contribution is 6.00. The van der Waals surface area contributed by atoms with E-state index in [1.807, 2.05) is 0 Å². The van der Waals surface area contributed by atoms with E-state index in [9.17, 15) is 87.5 Å². The van der Waals surface area contributed by atoms with Gasteiger partial charge < -0.3 is 90.5 Å². The summed E-state index contributed by atoms with van der Waals surface area (Å²) in [7, 11) is 0. The van der Waals surface area contributed by atoms with Crippen molar-refractivity contribution in [2.75, 3.05) is 13.1 Å². The molecule has 31 nitrogen and oxygen atoms in total. The van der Waals surface area contributed by atoms with E-state index in [-0.39, 0.29) is 12.8 Å². The van der Waals surface area contributed by atoms with Crippen molar-refractivity contribution in [1.82, 2.24) is 52.8 Å². The Morgan fingerprint density at radius 3 is 1.46 bits per heavy atom. The maximum atomic E-state index is 14.0. The van der Waals surface area contributed by atoms with E-state index in [1.54, 1.807) is 24.3 Å². The van der Waals surface area contributed by atoms with Crippen molar-refractivity contribution in [1.29, 1.82) is 0 Å². The van der Waals surface area contributed by atoms with Crippen LogP contribution in [0.3, 0.4) is 0 Å². The minimum atomic E-state index is -1.98. The third-order valence-electron chi connectivity index (χ3n) is 12.5. The summed E-state index contributed by atoms with van der Waals surface area (Å²) >= 11 is 0. The van der Waals surface area contributed by atoms with Crippen molar-refractivity contribution in [2.24, 2.45) is 35.0 Å². The summed E-state index contributed by atoms with van der Waals surface area (Å²) in [5.41, 5.74) is 17.8. The zero-order chi connectivity index (χ0) is 62.1. The molecular weight excluding hydrogens is 1080 g/mol. The third kappa shape index (κ3) is 23.5. The average Bonchev–Trinajstić information content (AvgIpc) is 3.79. The van der Waals surface area contributed by atoms with E-state index in [0.29, 0.717) is 35.9 Å². The molecule has 31 heteroatoms. The second-order valence-corrected chi connectivity index (χ2v) is 20.4. The number of unbranched alkanes of at least 4 members (excludes halogenated alkanes) is 1. The zero-order valence-electron chi connectivity index (χ0n) is 46.3. The Hall–Kier alpha value is -8.74. The molecule has 20 N–H and O–H groups in total. The van der Waals surface area contributed by atoms with Gasteiger partial charge in [0, 0.05) is 29.9 Å². The average molecular weight is 1160 g/mol. The van der Waals surface area contributed by atoms with Crippen molar-refractivity contribution in [2.45, 2.75) is 154 Å². The van der Waals surface area contributed by atoms with Crippen LogP contribution < -0.4 is 65.1 Å². The van der Waals surface area contributed by atoms with Gasteiger partial charge in [0.2, 0.25) is 59.1 Å². The molecule has 1 heterocycles. The topological polar surface area (TPSA) is 522 Å². The van der Waals surface area contributed by atoms with Crippen LogP contribution in [0.15, 0.2) is 30.5 Å². The van der Waals surface area contributed by atoms with Crippen molar-refractivity contribution in [3.63, 3.8) is 0 Å². The van der Waals surface area contributed by atoms with Gasteiger partial charge in [0.15, 0.2) is 0 Å². The van der Waals surface area contributed by atoms with Gasteiger partial charge >= 0.3 is 23.9 Å². The first kappa shape index (κ1) is 69.4. The number of nitrogens with two attached hydrogens (primary N) is 3. The van der Waals surface area contributed by atoms with Crippen LogP contribution in [0, 0.1) is 17.8 Å². The fourth-order valence-electron chi connectivity index (χ4n) is 8.03. The number of hydrogen-bond donors (Lipinski definition) is 17. The molecule has 0 fully saturated rings. The maximum Gasteiger partial charge on any atom is 0.326 e. The Balaban J connectivity index is 2.31. The van der Waals surface area contributed by atoms with Gasteiger partial charge in [-0.25, -0.2) is 4.79 Å². The summed E-state index contributed by atoms with van der Waals surface area (Å²) in [6, 6.07) is -7.70. The van der Waals surface area contributed by atoms with Crippen LogP contribution in [-0.4, -0.2) is 176 Å². The summed E-state index contributed by atoms with van der Waals surface area (Å²) in [5, 5.41) is 59.6. The van der Waals surface area contributed by atoms with Crippen LogP contribution >= 0.6 is 0 Å². The number of carbonyl (C=O) groups excluding carboxylic acids is 10. The summed E-state index contributed by atoms with van der Waals surface area (Å²) < 4.78 is 0. The lowest BCUT2D eigenvalue weighted by Crippen LogP contribution is -2.61. The Morgan fingerprint density at radius 2 is 0.951 bits per heavy atom. The van der Waals surface area contributed by atoms with Crippen molar-refractivity contribution < 1.29 is 87.5 Å². The molecule has 0 unspecified atom stereocenters. The number of carbonyl (C=O) groups is 14. The standard InChI is InChI=1S/C51H77N13O18/c1-23(2)40(63-47(77)33(19-38(69)70)58-43(73)28(53)12-9-10-16-52)48(78)56-22-36(66)62-41(24(3)4)49(79)57-30(14-15-35(54)65)44(74)64-42(25(5)6)50(80)60-32(18-37(67)68)46(76)59-31(45(75)61-34(51(81)82)20-39(71)72)17-26-21-55-29-13-8-7-11-27(26)29/h7-8,11,13,21,23-25,28,30-34,40-42,55H,9-10,12,14-20,22,52-53H2,1-6H3,(H2,54,65)(H,56,78)(H,57,79)(H,58,73)(H,59,76)(H,60,80)(H,61,75)(H,62,66)(H,63,77)(H,64,74)(H,67,68)(H,69,70)(H,71,72)(H,81,82)/t28-,30-,31-,32-,33-,34-,40-,41-,42-/m0/s1. The molecule has 0 bridgehead atoms. The Kier molecular flexibility index (Phi) is 28.6. The number of aliphatic carboxylic acids is 4. The molecule has 82 heavy (non-hydrogen) atoms. The monoisotopic (exact) mass is 1160 g/mol. The molecule has 0 aliphatic rings. The molecule has 0 aliphatic carbocycles. The zero-order valence-corrected chi connectivity index (χ0v) is 46.3. The van der Waals surface area contributed by atoms with Gasteiger partial charge in [-0.15, -0.1) is 0 Å². The molecule has 1 aromatic heterocycles. The van der Waals surface area contributed by atoms with E-state index in [1.165, 1.54) is 47.7 Å². The Morgan fingerprint density at radius 1 is 0.512 bits per heavy atom. The van der Waals surface area contributed by atoms with Crippen LogP contribution in [-0.2, 0) is 73.5 Å². The van der Waals surface area contributed by atoms with Gasteiger partial charge in [0.25, 0.3) is 0 Å². The first-order valence-corrected chi connectivity index (χ1v) is 26.2. The molecule has 0 saturated heterocycles. The van der Waals surface area contributed by atoms with Crippen LogP contribution in [0.4, 0.5) is 0 Å². The molecule has 2 rings (SSSR count). The Labute approximate surface area is 470 Å². The first-order chi connectivity index (χ1) is 38.4. The van der Waals surface area contributed by atoms with E-state index >= 15 is 0 Å². The number of hydrogen-bond acceptors (Lipinski definition) is 16. The van der Waals surface area contributed by atoms with Gasteiger partial charge in [0.1, 0.15) is 48.3 Å². The maximum absolute atomic E-state index is 14.0. The number of rotatable bonds is 37. The number of primary amides is 1. The van der Waals surface area contributed by atoms with E-state index < -0.39 is 194 Å². The predicted molar refractivity (Wildman–Crippen MR) is 289 cm³/mol. The SMILES string of the molecule is CC(C)[C@H](NC(=O)CNC(=O)[C@@H](NC(=O)[C@H](CC(=O)O)NC(=O)[C@@H](N)CCCCN)C(C)C)C(=O)N[C@@H](CCC(N)=O)C(=O)N[C@H](C(=O)N[C@@H](CC(=O)O)C(=O)N[C@@H](Cc1c[nH]c2ccccc12)C(=O)N[C@@H](CC(=O)O)C(=O)O)C(C)C. The normalized spacial score (nSPS) is 14.5. The summed E-state index contributed by atoms with van der Waals surface area (Å²) in [6.45, 7) is 8.55. The lowest BCUT2D eigenvalue weighted by atomic mass is 9.99. The number of carboxylic acids is 4. The van der Waals surface area contributed by atoms with Crippen LogP contribution in [0.5, 0.6) is 0 Å². The quantitative estimate of drug-likeness (QED) is 0.0286. The number of nitrogens with one attached hydrogen (secondary N) is 10. The molecule has 10 amide bonds. The number of amides is 10. The Bertz CT molecular complexity index is 2640. The molecule has 0 radical (unpaired) electrons. The molecule has 2 aromatic rings. The number of H-pyrrole nitrogens is 1. The van der Waals surface area contributed by atoms with Crippen LogP contribution in [0.2, 0.25) is 0 Å². The number of fused-ring (bicyclic) bond motifs is 1. The molecule has 0 aliphatic heterocycles. The van der Waals surface area contributed by atoms with E-state index in [4.69, 9.17) is 17.2 Å². The fourth-order valence-corrected chi connectivity index (χ4v) is 8.03. The lowest BCUT2D eigenvalue weighted by Gasteiger charge is -2.29. The largest absolute Gasteiger partial charge is 0.481 e. The summed E-state index contributed by atoms with van der Waals surface area (Å²) in [4.78, 5) is 184. The molecular formula is C51H77N13O18. The second-order valence-electron chi connectivity index (χ2n) is 20.4. The van der Waals surface area contributed by atoms with Gasteiger partial charge in [-0.2, -0.15) is 0 Å². The van der Waals surface area contributed by atoms with Gasteiger partial charge in [-0.1, -0.05) is 66.2 Å². The third-order valence-corrected chi connectivity index (χ3v) is 12.5. The lowest BCUT2D eigenvalue weighted by molar-refractivity contribution is -0.147. The number of para-hydroxylation sites is 1. The van der Waals surface area contributed by atoms with E-state index in [0.717, 1.165) is 0 Å². The number of aromatic nitrogens is 1. The van der Waals surface area contributed by atoms with Crippen LogP contribution in [0.1, 0.15) is 98.5 Å². The molecule has 0 spiro atoms. The molecule has 454 valence electrons. The molecule has 9 atom stereocenters. The fraction of sp³-hybridized carbons (Fsp3) is 0.569. The highest BCUT2D eigenvalue weighted by Gasteiger charge is 2.37. The minimum absolute atomic E-state index is 0.198. The van der Waals surface area contributed by atoms with Crippen molar-refractivity contribution >= 4 is 93.9 Å². The number of carboxylic acid groups (broad SMARTS) is 4. The first-order valence-electron chi connectivity index (χ1n) is 26.2. The molecule has 1 aromatic carbocycles. The van der Waals surface area contributed by atoms with Gasteiger partial charge in [0.05, 0.1) is 31.8 Å².